The van der Waals surface area contributed by atoms with Crippen LogP contribution in [0.3, 0.4) is 0 Å². The fourth-order valence-electron chi connectivity index (χ4n) is 1.93. The summed E-state index contributed by atoms with van der Waals surface area (Å²) in [5.74, 6) is -0.317. The van der Waals surface area contributed by atoms with Crippen LogP contribution in [0.1, 0.15) is 29.6 Å². The minimum atomic E-state index is -0.578. The van der Waals surface area contributed by atoms with Gasteiger partial charge >= 0.3 is 0 Å². The van der Waals surface area contributed by atoms with E-state index in [1.54, 1.807) is 0 Å². The highest BCUT2D eigenvalue weighted by Gasteiger charge is 2.41. The molecule has 0 spiro atoms. The van der Waals surface area contributed by atoms with Gasteiger partial charge in [-0.1, -0.05) is 17.7 Å². The van der Waals surface area contributed by atoms with Crippen molar-refractivity contribution >= 4 is 29.1 Å². The molecular formula is C13H14Cl2FNO. The number of carbonyl (C=O) groups is 1. The van der Waals surface area contributed by atoms with Crippen molar-refractivity contribution < 1.29 is 9.18 Å². The Morgan fingerprint density at radius 1 is 1.44 bits per heavy atom. The van der Waals surface area contributed by atoms with Crippen molar-refractivity contribution in [1.82, 2.24) is 5.32 Å². The first-order chi connectivity index (χ1) is 8.58. The molecule has 1 aliphatic carbocycles. The van der Waals surface area contributed by atoms with Crippen molar-refractivity contribution in [1.29, 1.82) is 0 Å². The number of benzene rings is 1. The molecule has 98 valence electrons. The van der Waals surface area contributed by atoms with E-state index in [0.717, 1.165) is 19.3 Å². The van der Waals surface area contributed by atoms with E-state index in [2.05, 4.69) is 5.32 Å². The third kappa shape index (κ3) is 2.96. The summed E-state index contributed by atoms with van der Waals surface area (Å²) in [5.41, 5.74) is 0.329. The summed E-state index contributed by atoms with van der Waals surface area (Å²) >= 11 is 11.5. The molecular weight excluding hydrogens is 276 g/mol. The van der Waals surface area contributed by atoms with Crippen molar-refractivity contribution in [2.45, 2.75) is 19.3 Å². The lowest BCUT2D eigenvalue weighted by Gasteiger charge is -2.14. The Kier molecular flexibility index (Phi) is 4.13. The zero-order valence-corrected chi connectivity index (χ0v) is 11.3. The van der Waals surface area contributed by atoms with E-state index in [4.69, 9.17) is 23.2 Å². The lowest BCUT2D eigenvalue weighted by molar-refractivity contribution is 0.0944. The number of hydrogen-bond donors (Lipinski definition) is 1. The second-order valence-corrected chi connectivity index (χ2v) is 5.48. The predicted molar refractivity (Wildman–Crippen MR) is 70.7 cm³/mol. The summed E-state index contributed by atoms with van der Waals surface area (Å²) < 4.78 is 13.2. The van der Waals surface area contributed by atoms with Gasteiger partial charge < -0.3 is 5.32 Å². The van der Waals surface area contributed by atoms with Crippen LogP contribution in [0.5, 0.6) is 0 Å². The number of amides is 1. The zero-order valence-electron chi connectivity index (χ0n) is 9.81. The summed E-state index contributed by atoms with van der Waals surface area (Å²) in [6, 6.07) is 4.22. The van der Waals surface area contributed by atoms with Gasteiger partial charge in [0, 0.05) is 12.4 Å². The van der Waals surface area contributed by atoms with Crippen molar-refractivity contribution in [3.8, 4) is 0 Å². The molecule has 2 nitrogen and oxygen atoms in total. The lowest BCUT2D eigenvalue weighted by atomic mass is 10.0. The largest absolute Gasteiger partial charge is 0.351 e. The summed E-state index contributed by atoms with van der Waals surface area (Å²) in [7, 11) is 0. The molecule has 1 aromatic carbocycles. The van der Waals surface area contributed by atoms with Gasteiger partial charge in [0.1, 0.15) is 5.82 Å². The van der Waals surface area contributed by atoms with E-state index in [-0.39, 0.29) is 21.9 Å². The van der Waals surface area contributed by atoms with E-state index in [0.29, 0.717) is 12.4 Å². The highest BCUT2D eigenvalue weighted by Crippen LogP contribution is 2.48. The fraction of sp³-hybridized carbons (Fsp3) is 0.462. The normalized spacial score (nSPS) is 16.4. The fourth-order valence-corrected chi connectivity index (χ4v) is 2.55. The molecule has 1 saturated carbocycles. The smallest absolute Gasteiger partial charge is 0.252 e. The van der Waals surface area contributed by atoms with Gasteiger partial charge in [-0.3, -0.25) is 4.79 Å². The molecule has 0 bridgehead atoms. The summed E-state index contributed by atoms with van der Waals surface area (Å²) in [5, 5.41) is 2.68. The first-order valence-electron chi connectivity index (χ1n) is 5.86. The molecule has 5 heteroatoms. The average molecular weight is 290 g/mol. The molecule has 0 heterocycles. The molecule has 0 radical (unpaired) electrons. The third-order valence-corrected chi connectivity index (χ3v) is 3.98. The van der Waals surface area contributed by atoms with Crippen molar-refractivity contribution in [3.05, 3.63) is 34.6 Å². The first kappa shape index (κ1) is 13.6. The maximum atomic E-state index is 13.2. The summed E-state index contributed by atoms with van der Waals surface area (Å²) in [4.78, 5) is 11.9. The molecule has 18 heavy (non-hydrogen) atoms. The molecule has 0 atom stereocenters. The molecule has 1 fully saturated rings. The van der Waals surface area contributed by atoms with Gasteiger partial charge in [-0.05, 0) is 36.8 Å². The van der Waals surface area contributed by atoms with Crippen LogP contribution in [0.15, 0.2) is 18.2 Å². The quantitative estimate of drug-likeness (QED) is 0.824. The van der Waals surface area contributed by atoms with E-state index in [1.165, 1.54) is 18.2 Å². The van der Waals surface area contributed by atoms with Gasteiger partial charge in [0.05, 0.1) is 10.6 Å². The lowest BCUT2D eigenvalue weighted by Crippen LogP contribution is -2.30. The third-order valence-electron chi connectivity index (χ3n) is 3.40. The molecule has 1 amide bonds. The second-order valence-electron chi connectivity index (χ2n) is 4.72. The second kappa shape index (κ2) is 5.45. The standard InChI is InChI=1S/C13H14Cl2FNO/c14-7-6-13(4-5-13)8-17-12(18)9-2-1-3-10(16)11(9)15/h1-3H,4-8H2,(H,17,18). The average Bonchev–Trinajstić information content (AvgIpc) is 3.11. The minimum absolute atomic E-state index is 0.128. The molecule has 1 aromatic rings. The topological polar surface area (TPSA) is 29.1 Å². The van der Waals surface area contributed by atoms with Gasteiger partial charge in [-0.2, -0.15) is 0 Å². The van der Waals surface area contributed by atoms with Gasteiger partial charge in [0.2, 0.25) is 0 Å². The molecule has 1 N–H and O–H groups in total. The number of carbonyl (C=O) groups excluding carboxylic acids is 1. The van der Waals surface area contributed by atoms with Gasteiger partial charge in [0.25, 0.3) is 5.91 Å². The van der Waals surface area contributed by atoms with E-state index in [1.807, 2.05) is 0 Å². The van der Waals surface area contributed by atoms with Gasteiger partial charge in [-0.15, -0.1) is 11.6 Å². The SMILES string of the molecule is O=C(NCC1(CCCl)CC1)c1cccc(F)c1Cl. The number of nitrogens with one attached hydrogen (secondary N) is 1. The Bertz CT molecular complexity index is 460. The Morgan fingerprint density at radius 3 is 2.78 bits per heavy atom. The summed E-state index contributed by atoms with van der Waals surface area (Å²) in [6.07, 6.45) is 3.06. The van der Waals surface area contributed by atoms with Crippen molar-refractivity contribution in [3.63, 3.8) is 0 Å². The number of halogens is 3. The Hall–Kier alpha value is -0.800. The van der Waals surface area contributed by atoms with Crippen molar-refractivity contribution in [2.24, 2.45) is 5.41 Å². The van der Waals surface area contributed by atoms with Gasteiger partial charge in [0.15, 0.2) is 0 Å². The maximum Gasteiger partial charge on any atom is 0.252 e. The van der Waals surface area contributed by atoms with Crippen LogP contribution in [0.4, 0.5) is 4.39 Å². The highest BCUT2D eigenvalue weighted by atomic mass is 35.5. The van der Waals surface area contributed by atoms with E-state index >= 15 is 0 Å². The highest BCUT2D eigenvalue weighted by molar-refractivity contribution is 6.34. The minimum Gasteiger partial charge on any atom is -0.351 e. The van der Waals surface area contributed by atoms with Crippen LogP contribution in [-0.4, -0.2) is 18.3 Å². The number of hydrogen-bond acceptors (Lipinski definition) is 1. The Morgan fingerprint density at radius 2 is 2.17 bits per heavy atom. The van der Waals surface area contributed by atoms with Gasteiger partial charge in [-0.25, -0.2) is 4.39 Å². The molecule has 0 aliphatic heterocycles. The molecule has 1 aliphatic rings. The zero-order chi connectivity index (χ0) is 13.2. The molecule has 0 saturated heterocycles. The van der Waals surface area contributed by atoms with Crippen LogP contribution in [-0.2, 0) is 0 Å². The Balaban J connectivity index is 1.98. The Labute approximate surface area is 115 Å². The number of alkyl halides is 1. The van der Waals surface area contributed by atoms with Crippen molar-refractivity contribution in [2.75, 3.05) is 12.4 Å². The molecule has 0 aromatic heterocycles. The summed E-state index contributed by atoms with van der Waals surface area (Å²) in [6.45, 7) is 0.575. The monoisotopic (exact) mass is 289 g/mol. The van der Waals surface area contributed by atoms with Crippen LogP contribution < -0.4 is 5.32 Å². The van der Waals surface area contributed by atoms with E-state index < -0.39 is 5.82 Å². The number of rotatable bonds is 5. The first-order valence-corrected chi connectivity index (χ1v) is 6.77. The maximum absolute atomic E-state index is 13.2. The van der Waals surface area contributed by atoms with Crippen LogP contribution >= 0.6 is 23.2 Å². The molecule has 2 rings (SSSR count). The van der Waals surface area contributed by atoms with Crippen LogP contribution in [0, 0.1) is 11.2 Å². The van der Waals surface area contributed by atoms with Crippen LogP contribution in [0.2, 0.25) is 5.02 Å². The van der Waals surface area contributed by atoms with Crippen LogP contribution in [0.25, 0.3) is 0 Å². The molecule has 0 unspecified atom stereocenters. The predicted octanol–water partition coefficient (Wildman–Crippen LogP) is 3.62. The van der Waals surface area contributed by atoms with E-state index in [9.17, 15) is 9.18 Å².